The standard InChI is InChI=1S/C8H9N3S/c1-2-9-3-5-6(1)11-8-7(5)10-4-12-8/h4,9,11H,1-3H2. The molecule has 12 heavy (non-hydrogen) atoms. The van der Waals surface area contributed by atoms with Crippen molar-refractivity contribution in [2.45, 2.75) is 13.0 Å². The predicted molar refractivity (Wildman–Crippen MR) is 49.4 cm³/mol. The summed E-state index contributed by atoms with van der Waals surface area (Å²) in [4.78, 5) is 8.98. The second-order valence-corrected chi connectivity index (χ2v) is 3.89. The van der Waals surface area contributed by atoms with E-state index in [9.17, 15) is 0 Å². The number of H-pyrrole nitrogens is 1. The Hall–Kier alpha value is -0.870. The Balaban J connectivity index is 2.34. The van der Waals surface area contributed by atoms with Gasteiger partial charge in [-0.3, -0.25) is 0 Å². The van der Waals surface area contributed by atoms with Crippen molar-refractivity contribution in [2.75, 3.05) is 6.54 Å². The Bertz CT molecular complexity index is 415. The number of hydrogen-bond acceptors (Lipinski definition) is 3. The van der Waals surface area contributed by atoms with Crippen molar-refractivity contribution in [3.63, 3.8) is 0 Å². The largest absolute Gasteiger partial charge is 0.348 e. The normalized spacial score (nSPS) is 16.7. The Kier molecular flexibility index (Phi) is 1.27. The molecule has 0 atom stereocenters. The summed E-state index contributed by atoms with van der Waals surface area (Å²) in [5.41, 5.74) is 5.82. The lowest BCUT2D eigenvalue weighted by Gasteiger charge is -2.11. The molecule has 3 heterocycles. The summed E-state index contributed by atoms with van der Waals surface area (Å²) in [5.74, 6) is 0. The van der Waals surface area contributed by atoms with E-state index in [0.717, 1.165) is 19.5 Å². The molecule has 4 heteroatoms. The molecule has 2 aromatic heterocycles. The summed E-state index contributed by atoms with van der Waals surface area (Å²) in [6.07, 6.45) is 1.11. The molecule has 3 nitrogen and oxygen atoms in total. The van der Waals surface area contributed by atoms with Crippen LogP contribution < -0.4 is 5.32 Å². The first kappa shape index (κ1) is 6.62. The minimum atomic E-state index is 0.971. The maximum atomic E-state index is 4.34. The molecule has 0 spiro atoms. The highest BCUT2D eigenvalue weighted by Gasteiger charge is 2.15. The second kappa shape index (κ2) is 2.31. The molecule has 1 aliphatic heterocycles. The summed E-state index contributed by atoms with van der Waals surface area (Å²) >= 11 is 1.69. The molecule has 0 aliphatic carbocycles. The average molecular weight is 179 g/mol. The van der Waals surface area contributed by atoms with Crippen LogP contribution in [0.4, 0.5) is 0 Å². The molecule has 0 aromatic carbocycles. The van der Waals surface area contributed by atoms with Crippen LogP contribution in [0, 0.1) is 0 Å². The number of nitrogens with zero attached hydrogens (tertiary/aromatic N) is 1. The Morgan fingerprint density at radius 2 is 2.50 bits per heavy atom. The molecule has 2 N–H and O–H groups in total. The van der Waals surface area contributed by atoms with E-state index in [-0.39, 0.29) is 0 Å². The average Bonchev–Trinajstić information content (AvgIpc) is 2.62. The van der Waals surface area contributed by atoms with Gasteiger partial charge in [0.25, 0.3) is 0 Å². The molecule has 62 valence electrons. The van der Waals surface area contributed by atoms with E-state index in [1.807, 2.05) is 5.51 Å². The van der Waals surface area contributed by atoms with Gasteiger partial charge in [0.2, 0.25) is 0 Å². The first-order chi connectivity index (χ1) is 5.95. The van der Waals surface area contributed by atoms with E-state index in [1.165, 1.54) is 21.6 Å². The van der Waals surface area contributed by atoms with Crippen LogP contribution in [0.25, 0.3) is 10.3 Å². The van der Waals surface area contributed by atoms with Crippen molar-refractivity contribution in [3.8, 4) is 0 Å². The summed E-state index contributed by atoms with van der Waals surface area (Å²) in [6, 6.07) is 0. The van der Waals surface area contributed by atoms with Crippen molar-refractivity contribution in [1.29, 1.82) is 0 Å². The lowest BCUT2D eigenvalue weighted by Crippen LogP contribution is -2.23. The number of aromatic amines is 1. The van der Waals surface area contributed by atoms with Gasteiger partial charge in [-0.2, -0.15) is 0 Å². The van der Waals surface area contributed by atoms with Gasteiger partial charge in [-0.25, -0.2) is 4.98 Å². The lowest BCUT2D eigenvalue weighted by atomic mass is 10.1. The first-order valence-corrected chi connectivity index (χ1v) is 4.97. The summed E-state index contributed by atoms with van der Waals surface area (Å²) in [6.45, 7) is 2.06. The first-order valence-electron chi connectivity index (χ1n) is 4.09. The van der Waals surface area contributed by atoms with Crippen LogP contribution in [0.2, 0.25) is 0 Å². The van der Waals surface area contributed by atoms with Gasteiger partial charge in [-0.05, 0) is 0 Å². The fourth-order valence-electron chi connectivity index (χ4n) is 1.74. The van der Waals surface area contributed by atoms with Crippen LogP contribution in [-0.4, -0.2) is 16.5 Å². The van der Waals surface area contributed by atoms with Crippen LogP contribution in [0.15, 0.2) is 5.51 Å². The van der Waals surface area contributed by atoms with Crippen LogP contribution in [0.3, 0.4) is 0 Å². The third-order valence-corrected chi connectivity index (χ3v) is 3.08. The molecule has 0 saturated carbocycles. The van der Waals surface area contributed by atoms with Crippen LogP contribution in [-0.2, 0) is 13.0 Å². The molecule has 0 saturated heterocycles. The number of nitrogens with one attached hydrogen (secondary N) is 2. The highest BCUT2D eigenvalue weighted by molar-refractivity contribution is 7.16. The zero-order valence-electron chi connectivity index (χ0n) is 6.55. The number of hydrogen-bond donors (Lipinski definition) is 2. The van der Waals surface area contributed by atoms with Gasteiger partial charge in [0, 0.05) is 30.8 Å². The van der Waals surface area contributed by atoms with Gasteiger partial charge in [0.15, 0.2) is 0 Å². The molecular formula is C8H9N3S. The molecule has 0 radical (unpaired) electrons. The van der Waals surface area contributed by atoms with Gasteiger partial charge < -0.3 is 10.3 Å². The zero-order valence-corrected chi connectivity index (χ0v) is 7.37. The number of rotatable bonds is 0. The summed E-state index contributed by atoms with van der Waals surface area (Å²) in [5, 5.41) is 3.35. The molecule has 0 amide bonds. The fourth-order valence-corrected chi connectivity index (χ4v) is 2.47. The van der Waals surface area contributed by atoms with Crippen molar-refractivity contribution >= 4 is 21.7 Å². The predicted octanol–water partition coefficient (Wildman–Crippen LogP) is 1.27. The molecule has 0 fully saturated rings. The Morgan fingerprint density at radius 3 is 3.50 bits per heavy atom. The highest BCUT2D eigenvalue weighted by atomic mass is 32.1. The van der Waals surface area contributed by atoms with Crippen molar-refractivity contribution in [3.05, 3.63) is 16.8 Å². The molecule has 2 aromatic rings. The number of thiazole rings is 1. The smallest absolute Gasteiger partial charge is 0.121 e. The second-order valence-electron chi connectivity index (χ2n) is 3.04. The van der Waals surface area contributed by atoms with Crippen LogP contribution >= 0.6 is 11.3 Å². The monoisotopic (exact) mass is 179 g/mol. The Labute approximate surface area is 73.8 Å². The number of aromatic nitrogens is 2. The summed E-state index contributed by atoms with van der Waals surface area (Å²) < 4.78 is 0. The van der Waals surface area contributed by atoms with Crippen molar-refractivity contribution < 1.29 is 0 Å². The molecule has 0 bridgehead atoms. The molecule has 1 aliphatic rings. The van der Waals surface area contributed by atoms with E-state index < -0.39 is 0 Å². The van der Waals surface area contributed by atoms with E-state index >= 15 is 0 Å². The molecular weight excluding hydrogens is 170 g/mol. The van der Waals surface area contributed by atoms with Gasteiger partial charge >= 0.3 is 0 Å². The molecule has 0 unspecified atom stereocenters. The quantitative estimate of drug-likeness (QED) is 0.639. The van der Waals surface area contributed by atoms with Crippen LogP contribution in [0.1, 0.15) is 11.3 Å². The third-order valence-electron chi connectivity index (χ3n) is 2.34. The van der Waals surface area contributed by atoms with E-state index in [1.54, 1.807) is 11.3 Å². The van der Waals surface area contributed by atoms with Gasteiger partial charge in [0.1, 0.15) is 10.3 Å². The minimum absolute atomic E-state index is 0.971. The fraction of sp³-hybridized carbons (Fsp3) is 0.375. The maximum absolute atomic E-state index is 4.34. The van der Waals surface area contributed by atoms with Crippen LogP contribution in [0.5, 0.6) is 0 Å². The van der Waals surface area contributed by atoms with Gasteiger partial charge in [0.05, 0.1) is 5.51 Å². The SMILES string of the molecule is c1nc2c3c([nH]c2s1)CCNC3. The van der Waals surface area contributed by atoms with Crippen molar-refractivity contribution in [2.24, 2.45) is 0 Å². The lowest BCUT2D eigenvalue weighted by molar-refractivity contribution is 0.640. The van der Waals surface area contributed by atoms with E-state index in [2.05, 4.69) is 15.3 Å². The van der Waals surface area contributed by atoms with Crippen molar-refractivity contribution in [1.82, 2.24) is 15.3 Å². The van der Waals surface area contributed by atoms with E-state index in [0.29, 0.717) is 0 Å². The summed E-state index contributed by atoms with van der Waals surface area (Å²) in [7, 11) is 0. The molecule has 3 rings (SSSR count). The van der Waals surface area contributed by atoms with Gasteiger partial charge in [-0.1, -0.05) is 0 Å². The topological polar surface area (TPSA) is 40.7 Å². The van der Waals surface area contributed by atoms with Gasteiger partial charge in [-0.15, -0.1) is 11.3 Å². The Morgan fingerprint density at radius 1 is 1.50 bits per heavy atom. The minimum Gasteiger partial charge on any atom is -0.348 e. The third kappa shape index (κ3) is 0.763. The maximum Gasteiger partial charge on any atom is 0.121 e. The highest BCUT2D eigenvalue weighted by Crippen LogP contribution is 2.25. The number of fused-ring (bicyclic) bond motifs is 3. The van der Waals surface area contributed by atoms with E-state index in [4.69, 9.17) is 0 Å². The zero-order chi connectivity index (χ0) is 7.97.